The van der Waals surface area contributed by atoms with Crippen LogP contribution < -0.4 is 11.1 Å². The largest absolute Gasteiger partial charge is 0.391 e. The standard InChI is InChI=1S/C15H24F3N3O2/c16-15(17,18)11-2-1-3-12(9-11)20-14(23)21-6-4-10(5-7-21)8-13(19)22/h10-12H,1-9H2,(H2,19,22)(H,20,23)/t11-,12+/m0/s1. The minimum absolute atomic E-state index is 0.0343. The highest BCUT2D eigenvalue weighted by molar-refractivity contribution is 5.75. The molecule has 3 N–H and O–H groups in total. The number of carbonyl (C=O) groups excluding carboxylic acids is 2. The molecule has 3 amide bonds. The van der Waals surface area contributed by atoms with E-state index in [0.29, 0.717) is 45.2 Å². The summed E-state index contributed by atoms with van der Waals surface area (Å²) in [5.41, 5.74) is 5.17. The van der Waals surface area contributed by atoms with E-state index in [-0.39, 0.29) is 30.7 Å². The van der Waals surface area contributed by atoms with Gasteiger partial charge in [-0.05, 0) is 38.0 Å². The third-order valence-electron chi connectivity index (χ3n) is 4.86. The molecular formula is C15H24F3N3O2. The van der Waals surface area contributed by atoms with E-state index >= 15 is 0 Å². The molecule has 0 aromatic rings. The zero-order valence-electron chi connectivity index (χ0n) is 13.1. The van der Waals surface area contributed by atoms with Gasteiger partial charge in [0.15, 0.2) is 0 Å². The Morgan fingerprint density at radius 3 is 2.35 bits per heavy atom. The summed E-state index contributed by atoms with van der Waals surface area (Å²) < 4.78 is 38.4. The van der Waals surface area contributed by atoms with Gasteiger partial charge in [-0.2, -0.15) is 13.2 Å². The van der Waals surface area contributed by atoms with Crippen LogP contribution in [0.5, 0.6) is 0 Å². The van der Waals surface area contributed by atoms with Crippen LogP contribution in [0.15, 0.2) is 0 Å². The first-order chi connectivity index (χ1) is 10.8. The molecule has 8 heteroatoms. The smallest absolute Gasteiger partial charge is 0.370 e. The van der Waals surface area contributed by atoms with Crippen molar-refractivity contribution in [2.24, 2.45) is 17.6 Å². The third-order valence-corrected chi connectivity index (χ3v) is 4.86. The summed E-state index contributed by atoms with van der Waals surface area (Å²) in [4.78, 5) is 24.7. The van der Waals surface area contributed by atoms with E-state index in [4.69, 9.17) is 5.73 Å². The number of nitrogens with one attached hydrogen (secondary N) is 1. The van der Waals surface area contributed by atoms with Crippen molar-refractivity contribution in [3.63, 3.8) is 0 Å². The van der Waals surface area contributed by atoms with Gasteiger partial charge >= 0.3 is 12.2 Å². The van der Waals surface area contributed by atoms with E-state index in [1.54, 1.807) is 4.90 Å². The van der Waals surface area contributed by atoms with Crippen LogP contribution in [0.4, 0.5) is 18.0 Å². The summed E-state index contributed by atoms with van der Waals surface area (Å²) in [5.74, 6) is -1.46. The average Bonchev–Trinajstić information content (AvgIpc) is 2.46. The van der Waals surface area contributed by atoms with Crippen LogP contribution in [-0.2, 0) is 4.79 Å². The number of primary amides is 1. The molecule has 2 atom stereocenters. The summed E-state index contributed by atoms with van der Waals surface area (Å²) >= 11 is 0. The Kier molecular flexibility index (Phi) is 5.75. The van der Waals surface area contributed by atoms with Gasteiger partial charge in [0.1, 0.15) is 0 Å². The van der Waals surface area contributed by atoms with Crippen molar-refractivity contribution >= 4 is 11.9 Å². The summed E-state index contributed by atoms with van der Waals surface area (Å²) in [6.07, 6.45) is -1.27. The third kappa shape index (κ3) is 5.28. The zero-order chi connectivity index (χ0) is 17.0. The van der Waals surface area contributed by atoms with Crippen LogP contribution >= 0.6 is 0 Å². The van der Waals surface area contributed by atoms with Gasteiger partial charge in [-0.1, -0.05) is 6.42 Å². The molecule has 1 aliphatic carbocycles. The number of hydrogen-bond donors (Lipinski definition) is 2. The molecule has 1 saturated carbocycles. The SMILES string of the molecule is NC(=O)CC1CCN(C(=O)N[C@@H]2CCC[C@H](C(F)(F)F)C2)CC1. The molecule has 0 aromatic heterocycles. The quantitative estimate of drug-likeness (QED) is 0.831. The highest BCUT2D eigenvalue weighted by Gasteiger charge is 2.42. The molecule has 2 fully saturated rings. The summed E-state index contributed by atoms with van der Waals surface area (Å²) in [6, 6.07) is -0.707. The lowest BCUT2D eigenvalue weighted by molar-refractivity contribution is -0.183. The molecular weight excluding hydrogens is 311 g/mol. The van der Waals surface area contributed by atoms with Gasteiger partial charge in [-0.25, -0.2) is 4.79 Å². The molecule has 23 heavy (non-hydrogen) atoms. The second-order valence-corrected chi connectivity index (χ2v) is 6.65. The van der Waals surface area contributed by atoms with Gasteiger partial charge in [0.05, 0.1) is 5.92 Å². The lowest BCUT2D eigenvalue weighted by atomic mass is 9.85. The number of rotatable bonds is 3. The van der Waals surface area contributed by atoms with E-state index < -0.39 is 18.1 Å². The number of carbonyl (C=O) groups is 2. The Bertz CT molecular complexity index is 434. The van der Waals surface area contributed by atoms with Crippen molar-refractivity contribution in [1.82, 2.24) is 10.2 Å². The Hall–Kier alpha value is -1.47. The molecule has 2 rings (SSSR count). The van der Waals surface area contributed by atoms with Crippen LogP contribution in [0.3, 0.4) is 0 Å². The number of amides is 3. The molecule has 0 radical (unpaired) electrons. The Morgan fingerprint density at radius 1 is 1.13 bits per heavy atom. The number of urea groups is 1. The van der Waals surface area contributed by atoms with Crippen molar-refractivity contribution < 1.29 is 22.8 Å². The normalized spacial score (nSPS) is 26.8. The monoisotopic (exact) mass is 335 g/mol. The van der Waals surface area contributed by atoms with E-state index in [1.165, 1.54) is 0 Å². The fourth-order valence-corrected chi connectivity index (χ4v) is 3.51. The zero-order valence-corrected chi connectivity index (χ0v) is 13.1. The number of piperidine rings is 1. The van der Waals surface area contributed by atoms with Crippen molar-refractivity contribution in [3.8, 4) is 0 Å². The van der Waals surface area contributed by atoms with Gasteiger partial charge in [-0.3, -0.25) is 4.79 Å². The van der Waals surface area contributed by atoms with Gasteiger partial charge in [0.2, 0.25) is 5.91 Å². The fourth-order valence-electron chi connectivity index (χ4n) is 3.51. The number of alkyl halides is 3. The molecule has 1 aliphatic heterocycles. The fraction of sp³-hybridized carbons (Fsp3) is 0.867. The number of halogens is 3. The molecule has 0 unspecified atom stereocenters. The van der Waals surface area contributed by atoms with Crippen LogP contribution in [0.2, 0.25) is 0 Å². The Morgan fingerprint density at radius 2 is 1.78 bits per heavy atom. The van der Waals surface area contributed by atoms with Crippen LogP contribution in [0, 0.1) is 11.8 Å². The maximum atomic E-state index is 12.8. The summed E-state index contributed by atoms with van der Waals surface area (Å²) in [5, 5.41) is 2.74. The minimum Gasteiger partial charge on any atom is -0.370 e. The van der Waals surface area contributed by atoms with E-state index in [9.17, 15) is 22.8 Å². The van der Waals surface area contributed by atoms with Crippen LogP contribution in [0.25, 0.3) is 0 Å². The molecule has 1 heterocycles. The van der Waals surface area contributed by atoms with Gasteiger partial charge in [-0.15, -0.1) is 0 Å². The second-order valence-electron chi connectivity index (χ2n) is 6.65. The molecule has 0 aromatic carbocycles. The van der Waals surface area contributed by atoms with Gasteiger partial charge < -0.3 is 16.0 Å². The van der Waals surface area contributed by atoms with Crippen molar-refractivity contribution in [1.29, 1.82) is 0 Å². The molecule has 0 spiro atoms. The average molecular weight is 335 g/mol. The van der Waals surface area contributed by atoms with Gasteiger partial charge in [0.25, 0.3) is 0 Å². The second kappa shape index (κ2) is 7.40. The lowest BCUT2D eigenvalue weighted by Crippen LogP contribution is -2.49. The highest BCUT2D eigenvalue weighted by atomic mass is 19.4. The first-order valence-electron chi connectivity index (χ1n) is 8.16. The number of nitrogens with two attached hydrogens (primary N) is 1. The number of hydrogen-bond acceptors (Lipinski definition) is 2. The van der Waals surface area contributed by atoms with E-state index in [0.717, 1.165) is 0 Å². The lowest BCUT2D eigenvalue weighted by Gasteiger charge is -2.35. The van der Waals surface area contributed by atoms with Gasteiger partial charge in [0, 0.05) is 25.6 Å². The molecule has 2 aliphatic rings. The number of likely N-dealkylation sites (tertiary alicyclic amines) is 1. The predicted octanol–water partition coefficient (Wildman–Crippen LogP) is 2.40. The first kappa shape index (κ1) is 17.9. The maximum Gasteiger partial charge on any atom is 0.391 e. The van der Waals surface area contributed by atoms with Crippen molar-refractivity contribution in [3.05, 3.63) is 0 Å². The van der Waals surface area contributed by atoms with Crippen LogP contribution in [0.1, 0.15) is 44.9 Å². The summed E-state index contributed by atoms with van der Waals surface area (Å²) in [7, 11) is 0. The molecule has 1 saturated heterocycles. The predicted molar refractivity (Wildman–Crippen MR) is 78.4 cm³/mol. The molecule has 0 bridgehead atoms. The number of nitrogens with zero attached hydrogens (tertiary/aromatic N) is 1. The first-order valence-corrected chi connectivity index (χ1v) is 8.16. The highest BCUT2D eigenvalue weighted by Crippen LogP contribution is 2.37. The molecule has 5 nitrogen and oxygen atoms in total. The maximum absolute atomic E-state index is 12.8. The molecule has 132 valence electrons. The minimum atomic E-state index is -4.18. The van der Waals surface area contributed by atoms with Crippen molar-refractivity contribution in [2.45, 2.75) is 57.2 Å². The Balaban J connectivity index is 1.78. The topological polar surface area (TPSA) is 75.4 Å². The summed E-state index contributed by atoms with van der Waals surface area (Å²) in [6.45, 7) is 1.03. The van der Waals surface area contributed by atoms with E-state index in [2.05, 4.69) is 5.32 Å². The Labute approximate surface area is 133 Å². The van der Waals surface area contributed by atoms with Crippen LogP contribution in [-0.4, -0.2) is 42.1 Å². The van der Waals surface area contributed by atoms with E-state index in [1.807, 2.05) is 0 Å². The van der Waals surface area contributed by atoms with Crippen molar-refractivity contribution in [2.75, 3.05) is 13.1 Å².